The number of halogens is 2. The highest BCUT2D eigenvalue weighted by Crippen LogP contribution is 2.21. The molecule has 2 aromatic heterocycles. The molecule has 0 aliphatic carbocycles. The molecule has 0 radical (unpaired) electrons. The molecule has 3 rings (SSSR count). The molecule has 1 aromatic carbocycles. The molecule has 27 heavy (non-hydrogen) atoms. The Bertz CT molecular complexity index is 1070. The predicted octanol–water partition coefficient (Wildman–Crippen LogP) is 2.85. The summed E-state index contributed by atoms with van der Waals surface area (Å²) in [5.41, 5.74) is 1.48. The number of hydrogen-bond acceptors (Lipinski definition) is 4. The van der Waals surface area contributed by atoms with Crippen molar-refractivity contribution in [2.24, 2.45) is 0 Å². The highest BCUT2D eigenvalue weighted by molar-refractivity contribution is 6.31. The maximum absolute atomic E-state index is 13.9. The molecule has 0 atom stereocenters. The van der Waals surface area contributed by atoms with Gasteiger partial charge in [0.05, 0.1) is 12.1 Å². The Balaban J connectivity index is 1.91. The first-order chi connectivity index (χ1) is 12.8. The number of nitrogens with zero attached hydrogens (tertiary/aromatic N) is 3. The fourth-order valence-electron chi connectivity index (χ4n) is 2.53. The molecule has 2 heterocycles. The molecule has 0 fully saturated rings. The third-order valence-corrected chi connectivity index (χ3v) is 4.44. The second-order valence-electron chi connectivity index (χ2n) is 6.11. The standard InChI is InChI=1S/C18H17ClFN5O2/c1-9-7-15(22-16(26)8-12-13(19)5-4-6-14(12)20)25(24-9)18-21-11(3)10(2)17(27)23-18/h4-7H,8H2,1-3H3,(H,22,26)(H,21,23,27). The van der Waals surface area contributed by atoms with Gasteiger partial charge in [-0.25, -0.2) is 9.37 Å². The summed E-state index contributed by atoms with van der Waals surface area (Å²) in [7, 11) is 0. The summed E-state index contributed by atoms with van der Waals surface area (Å²) in [6, 6.07) is 5.85. The van der Waals surface area contributed by atoms with Gasteiger partial charge in [-0.1, -0.05) is 17.7 Å². The second-order valence-corrected chi connectivity index (χ2v) is 6.52. The molecule has 0 saturated heterocycles. The third-order valence-electron chi connectivity index (χ3n) is 4.08. The van der Waals surface area contributed by atoms with E-state index in [9.17, 15) is 14.0 Å². The number of carbonyl (C=O) groups excluding carboxylic acids is 1. The normalized spacial score (nSPS) is 10.9. The predicted molar refractivity (Wildman–Crippen MR) is 99.9 cm³/mol. The number of aromatic amines is 1. The van der Waals surface area contributed by atoms with E-state index >= 15 is 0 Å². The zero-order chi connectivity index (χ0) is 19.7. The Morgan fingerprint density at radius 2 is 2.07 bits per heavy atom. The summed E-state index contributed by atoms with van der Waals surface area (Å²) < 4.78 is 15.2. The zero-order valence-electron chi connectivity index (χ0n) is 14.9. The molecule has 2 N–H and O–H groups in total. The number of aryl methyl sites for hydroxylation is 2. The lowest BCUT2D eigenvalue weighted by molar-refractivity contribution is -0.115. The van der Waals surface area contributed by atoms with Crippen LogP contribution in [-0.2, 0) is 11.2 Å². The molecule has 0 bridgehead atoms. The Morgan fingerprint density at radius 1 is 1.33 bits per heavy atom. The van der Waals surface area contributed by atoms with E-state index in [1.165, 1.54) is 22.9 Å². The molecular formula is C18H17ClFN5O2. The van der Waals surface area contributed by atoms with E-state index < -0.39 is 11.7 Å². The van der Waals surface area contributed by atoms with Crippen LogP contribution < -0.4 is 10.9 Å². The lowest BCUT2D eigenvalue weighted by Gasteiger charge is -2.10. The average Bonchev–Trinajstić information content (AvgIpc) is 2.96. The first kappa shape index (κ1) is 18.8. The van der Waals surface area contributed by atoms with Crippen LogP contribution in [0.3, 0.4) is 0 Å². The molecular weight excluding hydrogens is 373 g/mol. The van der Waals surface area contributed by atoms with Crippen LogP contribution in [0, 0.1) is 26.6 Å². The molecule has 1 amide bonds. The van der Waals surface area contributed by atoms with Crippen LogP contribution in [0.1, 0.15) is 22.5 Å². The van der Waals surface area contributed by atoms with Gasteiger partial charge in [-0.3, -0.25) is 14.6 Å². The van der Waals surface area contributed by atoms with E-state index in [4.69, 9.17) is 11.6 Å². The highest BCUT2D eigenvalue weighted by atomic mass is 35.5. The van der Waals surface area contributed by atoms with E-state index in [-0.39, 0.29) is 28.5 Å². The summed E-state index contributed by atoms with van der Waals surface area (Å²) >= 11 is 5.97. The minimum Gasteiger partial charge on any atom is -0.310 e. The van der Waals surface area contributed by atoms with E-state index in [0.29, 0.717) is 22.8 Å². The van der Waals surface area contributed by atoms with E-state index in [1.807, 2.05) is 0 Å². The molecule has 0 aliphatic heterocycles. The molecule has 0 saturated carbocycles. The minimum atomic E-state index is -0.553. The largest absolute Gasteiger partial charge is 0.310 e. The van der Waals surface area contributed by atoms with E-state index in [0.717, 1.165) is 0 Å². The van der Waals surface area contributed by atoms with Gasteiger partial charge in [-0.2, -0.15) is 9.78 Å². The number of nitrogens with one attached hydrogen (secondary N) is 2. The van der Waals surface area contributed by atoms with Gasteiger partial charge in [-0.15, -0.1) is 0 Å². The molecule has 0 aliphatic rings. The van der Waals surface area contributed by atoms with Gasteiger partial charge in [-0.05, 0) is 32.9 Å². The van der Waals surface area contributed by atoms with Crippen molar-refractivity contribution < 1.29 is 9.18 Å². The first-order valence-electron chi connectivity index (χ1n) is 8.13. The van der Waals surface area contributed by atoms with Crippen LogP contribution in [0.5, 0.6) is 0 Å². The van der Waals surface area contributed by atoms with Crippen molar-refractivity contribution >= 4 is 23.3 Å². The van der Waals surface area contributed by atoms with Crippen LogP contribution in [-0.4, -0.2) is 25.7 Å². The van der Waals surface area contributed by atoms with Crippen LogP contribution in [0.15, 0.2) is 29.1 Å². The van der Waals surface area contributed by atoms with Gasteiger partial charge in [0.1, 0.15) is 11.6 Å². The number of amides is 1. The second kappa shape index (κ2) is 7.32. The number of benzene rings is 1. The van der Waals surface area contributed by atoms with Crippen molar-refractivity contribution in [3.8, 4) is 5.95 Å². The van der Waals surface area contributed by atoms with Crippen molar-refractivity contribution in [2.75, 3.05) is 5.32 Å². The topological polar surface area (TPSA) is 92.7 Å². The highest BCUT2D eigenvalue weighted by Gasteiger charge is 2.16. The third kappa shape index (κ3) is 3.90. The monoisotopic (exact) mass is 389 g/mol. The van der Waals surface area contributed by atoms with Gasteiger partial charge in [0.2, 0.25) is 11.9 Å². The molecule has 140 valence electrons. The molecule has 0 unspecified atom stereocenters. The Morgan fingerprint density at radius 3 is 2.74 bits per heavy atom. The number of carbonyl (C=O) groups is 1. The summed E-state index contributed by atoms with van der Waals surface area (Å²) in [6.45, 7) is 5.11. The van der Waals surface area contributed by atoms with Gasteiger partial charge in [0.15, 0.2) is 0 Å². The zero-order valence-corrected chi connectivity index (χ0v) is 15.7. The number of H-pyrrole nitrogens is 1. The van der Waals surface area contributed by atoms with E-state index in [2.05, 4.69) is 20.4 Å². The molecule has 7 nitrogen and oxygen atoms in total. The molecule has 9 heteroatoms. The molecule has 3 aromatic rings. The lowest BCUT2D eigenvalue weighted by Crippen LogP contribution is -2.21. The maximum atomic E-state index is 13.9. The SMILES string of the molecule is Cc1cc(NC(=O)Cc2c(F)cccc2Cl)n(-c2nc(C)c(C)c(=O)[nH]2)n1. The smallest absolute Gasteiger partial charge is 0.255 e. The van der Waals surface area contributed by atoms with Crippen LogP contribution in [0.25, 0.3) is 5.95 Å². The van der Waals surface area contributed by atoms with Gasteiger partial charge in [0.25, 0.3) is 5.56 Å². The summed E-state index contributed by atoms with van der Waals surface area (Å²) in [5.74, 6) is -0.552. The summed E-state index contributed by atoms with van der Waals surface area (Å²) in [4.78, 5) is 31.3. The lowest BCUT2D eigenvalue weighted by atomic mass is 10.1. The van der Waals surface area contributed by atoms with Crippen molar-refractivity contribution in [2.45, 2.75) is 27.2 Å². The van der Waals surface area contributed by atoms with Gasteiger partial charge < -0.3 is 5.32 Å². The van der Waals surface area contributed by atoms with E-state index in [1.54, 1.807) is 26.8 Å². The summed E-state index contributed by atoms with van der Waals surface area (Å²) in [5, 5.41) is 7.09. The fraction of sp³-hybridized carbons (Fsp3) is 0.222. The van der Waals surface area contributed by atoms with Crippen molar-refractivity contribution in [1.29, 1.82) is 0 Å². The maximum Gasteiger partial charge on any atom is 0.255 e. The average molecular weight is 390 g/mol. The van der Waals surface area contributed by atoms with Crippen LogP contribution in [0.4, 0.5) is 10.2 Å². The Kier molecular flexibility index (Phi) is 5.09. The summed E-state index contributed by atoms with van der Waals surface area (Å²) in [6.07, 6.45) is -0.243. The Hall–Kier alpha value is -3.00. The van der Waals surface area contributed by atoms with Gasteiger partial charge >= 0.3 is 0 Å². The molecule has 0 spiro atoms. The number of aromatic nitrogens is 4. The van der Waals surface area contributed by atoms with Gasteiger partial charge in [0, 0.05) is 27.9 Å². The van der Waals surface area contributed by atoms with Crippen LogP contribution >= 0.6 is 11.6 Å². The Labute approximate surface area is 159 Å². The van der Waals surface area contributed by atoms with Crippen LogP contribution in [0.2, 0.25) is 5.02 Å². The van der Waals surface area contributed by atoms with Crippen molar-refractivity contribution in [1.82, 2.24) is 19.7 Å². The minimum absolute atomic E-state index is 0.108. The number of anilines is 1. The number of hydrogen-bond donors (Lipinski definition) is 2. The quantitative estimate of drug-likeness (QED) is 0.717. The number of rotatable bonds is 4. The van der Waals surface area contributed by atoms with Crippen molar-refractivity contribution in [3.63, 3.8) is 0 Å². The first-order valence-corrected chi connectivity index (χ1v) is 8.51. The fourth-order valence-corrected chi connectivity index (χ4v) is 2.76. The van der Waals surface area contributed by atoms with Crippen molar-refractivity contribution in [3.05, 3.63) is 68.0 Å².